The molecule has 0 radical (unpaired) electrons. The van der Waals surface area contributed by atoms with Crippen LogP contribution in [0.2, 0.25) is 0 Å². The van der Waals surface area contributed by atoms with E-state index in [4.69, 9.17) is 10.5 Å². The number of aryl methyl sites for hydroxylation is 1. The van der Waals surface area contributed by atoms with E-state index in [9.17, 15) is 0 Å². The first-order valence-electron chi connectivity index (χ1n) is 5.32. The average Bonchev–Trinajstić information content (AvgIpc) is 2.80. The second-order valence-electron chi connectivity index (χ2n) is 3.84. The van der Waals surface area contributed by atoms with Gasteiger partial charge in [-0.1, -0.05) is 6.07 Å². The number of hydrogen-bond acceptors (Lipinski definition) is 6. The number of hydrogen-bond donors (Lipinski definition) is 1. The fraction of sp³-hybridized carbons (Fsp3) is 0.0909. The molecule has 0 aliphatic rings. The molecule has 7 heteroatoms. The molecule has 3 aromatic rings. The summed E-state index contributed by atoms with van der Waals surface area (Å²) in [5, 5.41) is 15.0. The van der Waals surface area contributed by atoms with Gasteiger partial charge in [0.05, 0.1) is 5.69 Å². The largest absolute Gasteiger partial charge is 0.435 e. The molecule has 0 saturated carbocycles. The van der Waals surface area contributed by atoms with E-state index in [0.29, 0.717) is 23.0 Å². The van der Waals surface area contributed by atoms with E-state index in [1.54, 1.807) is 18.2 Å². The van der Waals surface area contributed by atoms with E-state index in [2.05, 4.69) is 20.6 Å². The number of benzene rings is 1. The number of tetrazole rings is 1. The highest BCUT2D eigenvalue weighted by Crippen LogP contribution is 2.26. The summed E-state index contributed by atoms with van der Waals surface area (Å²) in [6, 6.07) is 8.96. The monoisotopic (exact) mass is 242 g/mol. The maximum Gasteiger partial charge on any atom is 0.239 e. The zero-order valence-corrected chi connectivity index (χ0v) is 9.61. The number of nitrogens with two attached hydrogens (primary N) is 1. The second-order valence-corrected chi connectivity index (χ2v) is 3.84. The normalized spacial score (nSPS) is 10.7. The number of fused-ring (bicyclic) bond motifs is 1. The molecule has 0 amide bonds. The van der Waals surface area contributed by atoms with Crippen LogP contribution in [0.5, 0.6) is 11.6 Å². The van der Waals surface area contributed by atoms with E-state index in [-0.39, 0.29) is 0 Å². The summed E-state index contributed by atoms with van der Waals surface area (Å²) in [4.78, 5) is 0. The van der Waals surface area contributed by atoms with E-state index in [1.165, 1.54) is 4.63 Å². The van der Waals surface area contributed by atoms with Crippen LogP contribution < -0.4 is 10.5 Å². The molecule has 0 aliphatic heterocycles. The van der Waals surface area contributed by atoms with Gasteiger partial charge in [0.1, 0.15) is 0 Å². The molecule has 0 unspecified atom stereocenters. The Morgan fingerprint density at radius 1 is 1.22 bits per heavy atom. The van der Waals surface area contributed by atoms with E-state index in [0.717, 1.165) is 5.56 Å². The van der Waals surface area contributed by atoms with Crippen LogP contribution in [0.15, 0.2) is 30.3 Å². The quantitative estimate of drug-likeness (QED) is 0.679. The van der Waals surface area contributed by atoms with Crippen molar-refractivity contribution in [2.45, 2.75) is 6.92 Å². The molecule has 0 aliphatic carbocycles. The van der Waals surface area contributed by atoms with Gasteiger partial charge in [-0.05, 0) is 41.1 Å². The van der Waals surface area contributed by atoms with Crippen LogP contribution in [0.4, 0.5) is 5.69 Å². The molecule has 0 saturated heterocycles. The van der Waals surface area contributed by atoms with Gasteiger partial charge in [-0.2, -0.15) is 0 Å². The van der Waals surface area contributed by atoms with Crippen molar-refractivity contribution in [2.24, 2.45) is 0 Å². The highest BCUT2D eigenvalue weighted by Gasteiger charge is 2.05. The van der Waals surface area contributed by atoms with Crippen LogP contribution >= 0.6 is 0 Å². The molecule has 2 N–H and O–H groups in total. The number of anilines is 1. The third-order valence-electron chi connectivity index (χ3n) is 2.42. The van der Waals surface area contributed by atoms with Crippen molar-refractivity contribution in [2.75, 3.05) is 5.73 Å². The Labute approximate surface area is 102 Å². The molecule has 0 spiro atoms. The minimum atomic E-state index is 0.380. The summed E-state index contributed by atoms with van der Waals surface area (Å²) < 4.78 is 6.88. The lowest BCUT2D eigenvalue weighted by Gasteiger charge is -2.07. The summed E-state index contributed by atoms with van der Waals surface area (Å²) >= 11 is 0. The molecule has 2 aromatic heterocycles. The topological polar surface area (TPSA) is 91.2 Å². The van der Waals surface area contributed by atoms with Crippen molar-refractivity contribution >= 4 is 11.3 Å². The van der Waals surface area contributed by atoms with Gasteiger partial charge in [0.2, 0.25) is 5.88 Å². The molecule has 0 fully saturated rings. The Bertz CT molecular complexity index is 708. The third-order valence-corrected chi connectivity index (χ3v) is 2.42. The molecule has 2 heterocycles. The van der Waals surface area contributed by atoms with Crippen molar-refractivity contribution in [1.82, 2.24) is 25.3 Å². The number of nitrogen functional groups attached to an aromatic ring is 1. The molecular formula is C11H10N6O. The number of nitrogens with zero attached hydrogens (tertiary/aromatic N) is 5. The lowest BCUT2D eigenvalue weighted by Crippen LogP contribution is -1.99. The van der Waals surface area contributed by atoms with Gasteiger partial charge in [0.25, 0.3) is 0 Å². The first-order chi connectivity index (χ1) is 8.72. The number of aromatic nitrogens is 5. The molecule has 3 rings (SSSR count). The molecule has 1 aromatic carbocycles. The van der Waals surface area contributed by atoms with Crippen LogP contribution in [0.1, 0.15) is 5.56 Å². The van der Waals surface area contributed by atoms with E-state index >= 15 is 0 Å². The Balaban J connectivity index is 1.95. The molecule has 0 bridgehead atoms. The first kappa shape index (κ1) is 10.5. The fourth-order valence-electron chi connectivity index (χ4n) is 1.56. The lowest BCUT2D eigenvalue weighted by molar-refractivity contribution is 0.449. The van der Waals surface area contributed by atoms with Crippen LogP contribution in [-0.2, 0) is 0 Å². The molecule has 0 atom stereocenters. The maximum absolute atomic E-state index is 5.86. The Morgan fingerprint density at radius 3 is 2.94 bits per heavy atom. The van der Waals surface area contributed by atoms with Gasteiger partial charge in [-0.3, -0.25) is 0 Å². The predicted octanol–water partition coefficient (Wildman–Crippen LogP) is 1.20. The van der Waals surface area contributed by atoms with Gasteiger partial charge in [-0.15, -0.1) is 14.8 Å². The van der Waals surface area contributed by atoms with Crippen molar-refractivity contribution in [3.8, 4) is 11.6 Å². The lowest BCUT2D eigenvalue weighted by atomic mass is 10.2. The Kier molecular flexibility index (Phi) is 2.30. The summed E-state index contributed by atoms with van der Waals surface area (Å²) in [6.07, 6.45) is 0. The zero-order chi connectivity index (χ0) is 12.5. The van der Waals surface area contributed by atoms with E-state index < -0.39 is 0 Å². The van der Waals surface area contributed by atoms with Gasteiger partial charge in [-0.25, -0.2) is 0 Å². The minimum Gasteiger partial charge on any atom is -0.435 e. The number of ether oxygens (including phenoxy) is 1. The standard InChI is InChI=1S/C11H10N6O/c1-7-2-3-9(8(12)6-7)18-11-5-4-10-13-15-16-17(10)14-11/h2-6H,12H2,1H3. The SMILES string of the molecule is Cc1ccc(Oc2ccc3nnnn3n2)c(N)c1. The highest BCUT2D eigenvalue weighted by molar-refractivity contribution is 5.55. The van der Waals surface area contributed by atoms with Crippen LogP contribution in [0, 0.1) is 6.92 Å². The van der Waals surface area contributed by atoms with Gasteiger partial charge in [0, 0.05) is 6.07 Å². The molecular weight excluding hydrogens is 232 g/mol. The molecule has 18 heavy (non-hydrogen) atoms. The Morgan fingerprint density at radius 2 is 2.11 bits per heavy atom. The summed E-state index contributed by atoms with van der Waals surface area (Å²) in [5.41, 5.74) is 8.05. The maximum atomic E-state index is 5.86. The van der Waals surface area contributed by atoms with Crippen molar-refractivity contribution in [1.29, 1.82) is 0 Å². The van der Waals surface area contributed by atoms with Gasteiger partial charge in [0.15, 0.2) is 11.4 Å². The van der Waals surface area contributed by atoms with Crippen LogP contribution in [0.25, 0.3) is 5.65 Å². The van der Waals surface area contributed by atoms with Gasteiger partial charge < -0.3 is 10.5 Å². The van der Waals surface area contributed by atoms with Crippen molar-refractivity contribution in [3.05, 3.63) is 35.9 Å². The predicted molar refractivity (Wildman–Crippen MR) is 64.2 cm³/mol. The molecule has 7 nitrogen and oxygen atoms in total. The van der Waals surface area contributed by atoms with E-state index in [1.807, 2.05) is 19.1 Å². The van der Waals surface area contributed by atoms with Gasteiger partial charge >= 0.3 is 0 Å². The first-order valence-corrected chi connectivity index (χ1v) is 5.32. The second kappa shape index (κ2) is 3.95. The summed E-state index contributed by atoms with van der Waals surface area (Å²) in [7, 11) is 0. The van der Waals surface area contributed by atoms with Crippen molar-refractivity contribution < 1.29 is 4.74 Å². The molecule has 90 valence electrons. The summed E-state index contributed by atoms with van der Waals surface area (Å²) in [5.74, 6) is 0.936. The third kappa shape index (κ3) is 1.81. The smallest absolute Gasteiger partial charge is 0.239 e. The van der Waals surface area contributed by atoms with Crippen LogP contribution in [0.3, 0.4) is 0 Å². The fourth-order valence-corrected chi connectivity index (χ4v) is 1.56. The average molecular weight is 242 g/mol. The zero-order valence-electron chi connectivity index (χ0n) is 9.61. The Hall–Kier alpha value is -2.70. The minimum absolute atomic E-state index is 0.380. The highest BCUT2D eigenvalue weighted by atomic mass is 16.5. The number of rotatable bonds is 2. The van der Waals surface area contributed by atoms with Crippen molar-refractivity contribution in [3.63, 3.8) is 0 Å². The van der Waals surface area contributed by atoms with Crippen LogP contribution in [-0.4, -0.2) is 25.3 Å². The summed E-state index contributed by atoms with van der Waals surface area (Å²) in [6.45, 7) is 1.96.